The molecule has 0 fully saturated rings. The maximum atomic E-state index is 12.4. The lowest BCUT2D eigenvalue weighted by Gasteiger charge is -2.12. The molecule has 0 spiro atoms. The first-order chi connectivity index (χ1) is 9.72. The van der Waals surface area contributed by atoms with Crippen LogP contribution in [0, 0.1) is 0 Å². The van der Waals surface area contributed by atoms with Gasteiger partial charge in [0.1, 0.15) is 5.69 Å². The minimum absolute atomic E-state index is 0.0182. The molecule has 2 heterocycles. The number of carbonyl (C=O) groups is 1. The molecule has 0 saturated carbocycles. The van der Waals surface area contributed by atoms with Gasteiger partial charge in [0.05, 0.1) is 11.3 Å². The summed E-state index contributed by atoms with van der Waals surface area (Å²) in [5.41, 5.74) is -5.25. The molecule has 3 rings (SSSR count). The Bertz CT molecular complexity index is 852. The lowest BCUT2D eigenvalue weighted by Crippen LogP contribution is -2.28. The number of alkyl halides is 3. The highest BCUT2D eigenvalue weighted by atomic mass is 32.2. The van der Waals surface area contributed by atoms with Crippen LogP contribution in [0.5, 0.6) is 5.75 Å². The molecule has 5 nitrogen and oxygen atoms in total. The molecule has 9 heteroatoms. The van der Waals surface area contributed by atoms with Gasteiger partial charge in [-0.1, -0.05) is 6.07 Å². The van der Waals surface area contributed by atoms with Crippen LogP contribution in [0.1, 0.15) is 16.1 Å². The molecule has 110 valence electrons. The Balaban J connectivity index is 2.16. The number of ketones is 1. The third kappa shape index (κ3) is 1.92. The normalized spacial score (nSPS) is 14.0. The number of hydrogen-bond acceptors (Lipinski definition) is 4. The lowest BCUT2D eigenvalue weighted by molar-refractivity contribution is -0.0500. The van der Waals surface area contributed by atoms with Crippen molar-refractivity contribution in [3.05, 3.63) is 47.8 Å². The minimum atomic E-state index is -5.80. The van der Waals surface area contributed by atoms with Crippen molar-refractivity contribution in [2.75, 3.05) is 0 Å². The van der Waals surface area contributed by atoms with E-state index in [0.29, 0.717) is 0 Å². The van der Waals surface area contributed by atoms with Crippen LogP contribution in [-0.4, -0.2) is 24.3 Å². The number of para-hydroxylation sites is 1. The Labute approximate surface area is 116 Å². The molecule has 1 aromatic carbocycles. The molecule has 1 aliphatic heterocycles. The SMILES string of the molecule is O=C1c2cccc(OS(=O)(=O)C(F)(F)F)c2-n2cccc21. The highest BCUT2D eigenvalue weighted by Crippen LogP contribution is 2.37. The fourth-order valence-electron chi connectivity index (χ4n) is 2.09. The third-order valence-electron chi connectivity index (χ3n) is 2.95. The number of rotatable bonds is 2. The van der Waals surface area contributed by atoms with Gasteiger partial charge in [0.25, 0.3) is 0 Å². The van der Waals surface area contributed by atoms with Crippen molar-refractivity contribution in [1.82, 2.24) is 4.57 Å². The van der Waals surface area contributed by atoms with Gasteiger partial charge in [0, 0.05) is 6.20 Å². The summed E-state index contributed by atoms with van der Waals surface area (Å²) < 4.78 is 64.9. The summed E-state index contributed by atoms with van der Waals surface area (Å²) in [6.45, 7) is 0. The van der Waals surface area contributed by atoms with Crippen LogP contribution in [0.3, 0.4) is 0 Å². The Kier molecular flexibility index (Phi) is 2.67. The molecule has 1 aromatic heterocycles. The summed E-state index contributed by atoms with van der Waals surface area (Å²) >= 11 is 0. The number of carbonyl (C=O) groups excluding carboxylic acids is 1. The fraction of sp³-hybridized carbons (Fsp3) is 0.0833. The summed E-state index contributed by atoms with van der Waals surface area (Å²) in [5.74, 6) is -0.960. The van der Waals surface area contributed by atoms with E-state index >= 15 is 0 Å². The quantitative estimate of drug-likeness (QED) is 0.537. The Morgan fingerprint density at radius 1 is 1.10 bits per heavy atom. The largest absolute Gasteiger partial charge is 0.534 e. The third-order valence-corrected chi connectivity index (χ3v) is 3.91. The van der Waals surface area contributed by atoms with E-state index in [1.807, 2.05) is 0 Å². The fourth-order valence-corrected chi connectivity index (χ4v) is 2.55. The zero-order chi connectivity index (χ0) is 15.4. The first kappa shape index (κ1) is 13.7. The number of aromatic nitrogens is 1. The minimum Gasteiger partial charge on any atom is -0.374 e. The van der Waals surface area contributed by atoms with E-state index in [9.17, 15) is 26.4 Å². The Hall–Kier alpha value is -2.29. The van der Waals surface area contributed by atoms with Crippen LogP contribution in [-0.2, 0) is 10.1 Å². The summed E-state index contributed by atoms with van der Waals surface area (Å²) in [6.07, 6.45) is 1.44. The monoisotopic (exact) mass is 317 g/mol. The maximum Gasteiger partial charge on any atom is 0.534 e. The summed E-state index contributed by atoms with van der Waals surface area (Å²) in [5, 5.41) is 0. The molecule has 0 bridgehead atoms. The van der Waals surface area contributed by atoms with Gasteiger partial charge in [0.2, 0.25) is 5.78 Å². The van der Waals surface area contributed by atoms with Crippen LogP contribution in [0.15, 0.2) is 36.5 Å². The second-order valence-corrected chi connectivity index (χ2v) is 5.77. The van der Waals surface area contributed by atoms with Crippen LogP contribution >= 0.6 is 0 Å². The lowest BCUT2D eigenvalue weighted by atomic mass is 10.1. The number of hydrogen-bond donors (Lipinski definition) is 0. The predicted molar refractivity (Wildman–Crippen MR) is 64.8 cm³/mol. The molecule has 0 N–H and O–H groups in total. The van der Waals surface area contributed by atoms with Crippen LogP contribution in [0.2, 0.25) is 0 Å². The van der Waals surface area contributed by atoms with E-state index in [0.717, 1.165) is 6.07 Å². The van der Waals surface area contributed by atoms with Crippen molar-refractivity contribution in [3.8, 4) is 11.4 Å². The molecular weight excluding hydrogens is 311 g/mol. The first-order valence-electron chi connectivity index (χ1n) is 5.58. The van der Waals surface area contributed by atoms with Gasteiger partial charge in [-0.2, -0.15) is 21.6 Å². The molecule has 21 heavy (non-hydrogen) atoms. The maximum absolute atomic E-state index is 12.4. The first-order valence-corrected chi connectivity index (χ1v) is 6.99. The van der Waals surface area contributed by atoms with E-state index < -0.39 is 27.2 Å². The molecule has 1 aliphatic rings. The van der Waals surface area contributed by atoms with Crippen LogP contribution < -0.4 is 4.18 Å². The van der Waals surface area contributed by atoms with Gasteiger partial charge in [-0.3, -0.25) is 4.79 Å². The number of benzene rings is 1. The van der Waals surface area contributed by atoms with Gasteiger partial charge >= 0.3 is 15.6 Å². The molecule has 0 aliphatic carbocycles. The Morgan fingerprint density at radius 3 is 2.48 bits per heavy atom. The van der Waals surface area contributed by atoms with Crippen LogP contribution in [0.4, 0.5) is 13.2 Å². The van der Waals surface area contributed by atoms with E-state index in [-0.39, 0.29) is 16.9 Å². The van der Waals surface area contributed by atoms with Gasteiger partial charge in [-0.05, 0) is 24.3 Å². The van der Waals surface area contributed by atoms with Crippen molar-refractivity contribution in [3.63, 3.8) is 0 Å². The standard InChI is InChI=1S/C12H6F3NO4S/c13-12(14,15)21(18,19)20-9-5-1-3-7-10(9)16-6-2-4-8(16)11(7)17/h1-6H. The molecule has 0 radical (unpaired) electrons. The molecule has 0 unspecified atom stereocenters. The summed E-state index contributed by atoms with van der Waals surface area (Å²) in [7, 11) is -5.80. The van der Waals surface area contributed by atoms with Gasteiger partial charge in [-0.15, -0.1) is 0 Å². The molecule has 0 atom stereocenters. The zero-order valence-corrected chi connectivity index (χ0v) is 10.9. The second kappa shape index (κ2) is 4.10. The smallest absolute Gasteiger partial charge is 0.374 e. The average Bonchev–Trinajstić information content (AvgIpc) is 2.92. The summed E-state index contributed by atoms with van der Waals surface area (Å²) in [6, 6.07) is 6.70. The van der Waals surface area contributed by atoms with Crippen molar-refractivity contribution >= 4 is 15.9 Å². The van der Waals surface area contributed by atoms with Crippen molar-refractivity contribution < 1.29 is 30.6 Å². The number of nitrogens with zero attached hydrogens (tertiary/aromatic N) is 1. The topological polar surface area (TPSA) is 65.4 Å². The van der Waals surface area contributed by atoms with Crippen molar-refractivity contribution in [1.29, 1.82) is 0 Å². The van der Waals surface area contributed by atoms with E-state index in [1.54, 1.807) is 0 Å². The van der Waals surface area contributed by atoms with Crippen LogP contribution in [0.25, 0.3) is 5.69 Å². The molecule has 0 amide bonds. The second-order valence-electron chi connectivity index (χ2n) is 4.23. The predicted octanol–water partition coefficient (Wildman–Crippen LogP) is 2.25. The summed E-state index contributed by atoms with van der Waals surface area (Å²) in [4.78, 5) is 12.0. The molecular formula is C12H6F3NO4S. The highest BCUT2D eigenvalue weighted by molar-refractivity contribution is 7.88. The number of halogens is 3. The van der Waals surface area contributed by atoms with Crippen molar-refractivity contribution in [2.24, 2.45) is 0 Å². The van der Waals surface area contributed by atoms with Gasteiger partial charge in [0.15, 0.2) is 5.75 Å². The Morgan fingerprint density at radius 2 is 1.81 bits per heavy atom. The number of fused-ring (bicyclic) bond motifs is 3. The van der Waals surface area contributed by atoms with E-state index in [2.05, 4.69) is 4.18 Å². The van der Waals surface area contributed by atoms with E-state index in [4.69, 9.17) is 0 Å². The highest BCUT2D eigenvalue weighted by Gasteiger charge is 2.49. The molecule has 2 aromatic rings. The zero-order valence-electron chi connectivity index (χ0n) is 10.1. The van der Waals surface area contributed by atoms with Crippen molar-refractivity contribution in [2.45, 2.75) is 5.51 Å². The van der Waals surface area contributed by atoms with Gasteiger partial charge < -0.3 is 8.75 Å². The average molecular weight is 317 g/mol. The molecule has 0 saturated heterocycles. The van der Waals surface area contributed by atoms with Gasteiger partial charge in [-0.25, -0.2) is 0 Å². The van der Waals surface area contributed by atoms with E-state index in [1.165, 1.54) is 35.0 Å².